The van der Waals surface area contributed by atoms with Crippen LogP contribution in [-0.4, -0.2) is 52.2 Å². The summed E-state index contributed by atoms with van der Waals surface area (Å²) in [6, 6.07) is 12.3. The first-order chi connectivity index (χ1) is 14.1. The molecule has 29 heavy (non-hydrogen) atoms. The smallest absolute Gasteiger partial charge is 0.335 e. The van der Waals surface area contributed by atoms with Crippen LogP contribution in [0.3, 0.4) is 0 Å². The van der Waals surface area contributed by atoms with Gasteiger partial charge in [-0.05, 0) is 36.4 Å². The van der Waals surface area contributed by atoms with Crippen molar-refractivity contribution >= 4 is 34.8 Å². The first-order valence-electron chi connectivity index (χ1n) is 9.23. The van der Waals surface area contributed by atoms with Gasteiger partial charge in [0.15, 0.2) is 11.6 Å². The average molecular weight is 391 g/mol. The summed E-state index contributed by atoms with van der Waals surface area (Å²) in [5, 5.41) is 12.1. The maximum Gasteiger partial charge on any atom is 0.335 e. The molecule has 1 aliphatic heterocycles. The van der Waals surface area contributed by atoms with Crippen LogP contribution in [-0.2, 0) is 0 Å². The number of hydrogen-bond donors (Lipinski definition) is 3. The quantitative estimate of drug-likeness (QED) is 0.601. The Morgan fingerprint density at radius 3 is 2.34 bits per heavy atom. The predicted octanol–water partition coefficient (Wildman–Crippen LogP) is 2.22. The lowest BCUT2D eigenvalue weighted by Crippen LogP contribution is -2.47. The minimum Gasteiger partial charge on any atom is -0.478 e. The third kappa shape index (κ3) is 4.03. The fourth-order valence-electron chi connectivity index (χ4n) is 3.26. The molecule has 9 nitrogen and oxygen atoms in total. The van der Waals surface area contributed by atoms with Gasteiger partial charge >= 0.3 is 5.97 Å². The molecule has 0 saturated carbocycles. The molecule has 1 aromatic carbocycles. The molecule has 0 aliphatic carbocycles. The zero-order valence-corrected chi connectivity index (χ0v) is 15.7. The van der Waals surface area contributed by atoms with Crippen molar-refractivity contribution < 1.29 is 9.90 Å². The zero-order chi connectivity index (χ0) is 20.2. The normalized spacial score (nSPS) is 13.9. The zero-order valence-electron chi connectivity index (χ0n) is 15.7. The number of nitrogens with zero attached hydrogens (tertiary/aromatic N) is 5. The van der Waals surface area contributed by atoms with Crippen LogP contribution in [0.5, 0.6) is 0 Å². The van der Waals surface area contributed by atoms with E-state index < -0.39 is 5.97 Å². The van der Waals surface area contributed by atoms with Crippen molar-refractivity contribution in [3.05, 3.63) is 60.6 Å². The van der Waals surface area contributed by atoms with Crippen molar-refractivity contribution in [2.24, 2.45) is 0 Å². The number of aromatic carboxylic acids is 1. The number of benzene rings is 1. The van der Waals surface area contributed by atoms with Gasteiger partial charge in [-0.3, -0.25) is 0 Å². The lowest BCUT2D eigenvalue weighted by molar-refractivity contribution is 0.0697. The van der Waals surface area contributed by atoms with E-state index in [1.807, 2.05) is 18.2 Å². The third-order valence-electron chi connectivity index (χ3n) is 4.81. The largest absolute Gasteiger partial charge is 0.478 e. The third-order valence-corrected chi connectivity index (χ3v) is 4.81. The number of piperazine rings is 1. The summed E-state index contributed by atoms with van der Waals surface area (Å²) < 4.78 is 0. The van der Waals surface area contributed by atoms with Crippen molar-refractivity contribution in [1.29, 1.82) is 0 Å². The van der Waals surface area contributed by atoms with Gasteiger partial charge in [0.25, 0.3) is 0 Å². The molecule has 148 valence electrons. The summed E-state index contributed by atoms with van der Waals surface area (Å²) in [4.78, 5) is 28.4. The van der Waals surface area contributed by atoms with Crippen LogP contribution in [0.4, 0.5) is 28.8 Å². The van der Waals surface area contributed by atoms with E-state index in [4.69, 9.17) is 10.8 Å². The van der Waals surface area contributed by atoms with Gasteiger partial charge in [-0.15, -0.1) is 0 Å². The van der Waals surface area contributed by atoms with Gasteiger partial charge in [-0.25, -0.2) is 19.7 Å². The molecule has 0 amide bonds. The highest BCUT2D eigenvalue weighted by atomic mass is 16.4. The Labute approximate surface area is 167 Å². The van der Waals surface area contributed by atoms with Crippen LogP contribution in [0.2, 0.25) is 0 Å². The van der Waals surface area contributed by atoms with Gasteiger partial charge in [0.2, 0.25) is 0 Å². The first-order valence-corrected chi connectivity index (χ1v) is 9.23. The van der Waals surface area contributed by atoms with Crippen LogP contribution >= 0.6 is 0 Å². The highest BCUT2D eigenvalue weighted by Gasteiger charge is 2.22. The Bertz CT molecular complexity index is 987. The molecule has 4 rings (SSSR count). The Kier molecular flexibility index (Phi) is 5.10. The summed E-state index contributed by atoms with van der Waals surface area (Å²) >= 11 is 0. The minimum absolute atomic E-state index is 0.220. The molecule has 0 unspecified atom stereocenters. The molecule has 0 bridgehead atoms. The summed E-state index contributed by atoms with van der Waals surface area (Å²) in [5.74, 6) is 1.18. The number of nitrogens with two attached hydrogens (primary N) is 1. The number of rotatable bonds is 5. The van der Waals surface area contributed by atoms with E-state index in [0.717, 1.165) is 32.0 Å². The van der Waals surface area contributed by atoms with Gasteiger partial charge in [0.05, 0.1) is 5.56 Å². The van der Waals surface area contributed by atoms with Gasteiger partial charge in [-0.1, -0.05) is 6.07 Å². The molecular weight excluding hydrogens is 370 g/mol. The van der Waals surface area contributed by atoms with Crippen LogP contribution in [0.15, 0.2) is 55.0 Å². The van der Waals surface area contributed by atoms with Crippen LogP contribution in [0.1, 0.15) is 10.4 Å². The number of carbonyl (C=O) groups is 1. The number of nitrogen functional groups attached to an aromatic ring is 1. The maximum atomic E-state index is 11.0. The summed E-state index contributed by atoms with van der Waals surface area (Å²) in [7, 11) is 0. The number of nitrogens with one attached hydrogen (secondary N) is 1. The second-order valence-electron chi connectivity index (χ2n) is 6.63. The molecule has 9 heteroatoms. The van der Waals surface area contributed by atoms with Crippen molar-refractivity contribution in [2.45, 2.75) is 0 Å². The van der Waals surface area contributed by atoms with Gasteiger partial charge in [0, 0.05) is 38.1 Å². The van der Waals surface area contributed by atoms with Crippen molar-refractivity contribution in [3.63, 3.8) is 0 Å². The lowest BCUT2D eigenvalue weighted by atomic mass is 10.2. The SMILES string of the molecule is Nc1c(Nc2ccc(C(=O)O)cc2)ncnc1N1CCN(c2ccccn2)CC1. The summed E-state index contributed by atoms with van der Waals surface area (Å²) in [5.41, 5.74) is 7.72. The van der Waals surface area contributed by atoms with E-state index in [1.54, 1.807) is 18.3 Å². The second kappa shape index (κ2) is 8.01. The first kappa shape index (κ1) is 18.5. The van der Waals surface area contributed by atoms with Crippen molar-refractivity contribution in [3.8, 4) is 0 Å². The molecule has 1 aliphatic rings. The number of pyridine rings is 1. The van der Waals surface area contributed by atoms with E-state index in [0.29, 0.717) is 23.0 Å². The molecule has 3 heterocycles. The second-order valence-corrected chi connectivity index (χ2v) is 6.63. The van der Waals surface area contributed by atoms with Crippen LogP contribution in [0.25, 0.3) is 0 Å². The van der Waals surface area contributed by atoms with Gasteiger partial charge in [-0.2, -0.15) is 0 Å². The molecule has 1 saturated heterocycles. The van der Waals surface area contributed by atoms with E-state index in [2.05, 4.69) is 30.1 Å². The standard InChI is InChI=1S/C20H21N7O2/c21-17-18(25-15-6-4-14(5-7-15)20(28)29)23-13-24-19(17)27-11-9-26(10-12-27)16-3-1-2-8-22-16/h1-8,13H,9-12,21H2,(H,28,29)(H,23,24,25). The number of anilines is 5. The highest BCUT2D eigenvalue weighted by molar-refractivity contribution is 5.88. The van der Waals surface area contributed by atoms with Gasteiger partial charge in [0.1, 0.15) is 17.8 Å². The maximum absolute atomic E-state index is 11.0. The molecule has 4 N–H and O–H groups in total. The topological polar surface area (TPSA) is 120 Å². The number of aromatic nitrogens is 3. The highest BCUT2D eigenvalue weighted by Crippen LogP contribution is 2.29. The molecule has 0 spiro atoms. The Balaban J connectivity index is 1.46. The fraction of sp³-hybridized carbons (Fsp3) is 0.200. The van der Waals surface area contributed by atoms with E-state index in [-0.39, 0.29) is 5.56 Å². The molecule has 3 aromatic rings. The van der Waals surface area contributed by atoms with Gasteiger partial charge < -0.3 is 26.0 Å². The molecule has 2 aromatic heterocycles. The predicted molar refractivity (Wildman–Crippen MR) is 112 cm³/mol. The van der Waals surface area contributed by atoms with Crippen LogP contribution < -0.4 is 20.9 Å². The Morgan fingerprint density at radius 2 is 1.69 bits per heavy atom. The Morgan fingerprint density at radius 1 is 0.966 bits per heavy atom. The van der Waals surface area contributed by atoms with Crippen LogP contribution in [0, 0.1) is 0 Å². The summed E-state index contributed by atoms with van der Waals surface area (Å²) in [6.07, 6.45) is 3.27. The monoisotopic (exact) mass is 391 g/mol. The molecule has 1 fully saturated rings. The summed E-state index contributed by atoms with van der Waals surface area (Å²) in [6.45, 7) is 3.18. The van der Waals surface area contributed by atoms with E-state index >= 15 is 0 Å². The van der Waals surface area contributed by atoms with E-state index in [1.165, 1.54) is 18.5 Å². The minimum atomic E-state index is -0.967. The number of carboxylic acids is 1. The molecule has 0 radical (unpaired) electrons. The average Bonchev–Trinajstić information content (AvgIpc) is 2.76. The van der Waals surface area contributed by atoms with E-state index in [9.17, 15) is 4.79 Å². The van der Waals surface area contributed by atoms with Crippen molar-refractivity contribution in [1.82, 2.24) is 15.0 Å². The van der Waals surface area contributed by atoms with Crippen molar-refractivity contribution in [2.75, 3.05) is 47.0 Å². The number of carboxylic acid groups (broad SMARTS) is 1. The number of hydrogen-bond acceptors (Lipinski definition) is 8. The molecule has 0 atom stereocenters. The lowest BCUT2D eigenvalue weighted by Gasteiger charge is -2.36. The fourth-order valence-corrected chi connectivity index (χ4v) is 3.26. The Hall–Kier alpha value is -3.88. The molecular formula is C20H21N7O2.